The normalized spacial score (nSPS) is 21.7. The van der Waals surface area contributed by atoms with Crippen LogP contribution in [0.2, 0.25) is 25.7 Å². The van der Waals surface area contributed by atoms with Crippen molar-refractivity contribution in [3.8, 4) is 11.5 Å². The van der Waals surface area contributed by atoms with Gasteiger partial charge in [0.15, 0.2) is 11.5 Å². The van der Waals surface area contributed by atoms with E-state index in [9.17, 15) is 14.7 Å². The molecule has 0 saturated carbocycles. The lowest BCUT2D eigenvalue weighted by atomic mass is 10.1. The predicted molar refractivity (Wildman–Crippen MR) is 111 cm³/mol. The maximum atomic E-state index is 13.3. The molecule has 1 fully saturated rings. The van der Waals surface area contributed by atoms with Crippen LogP contribution in [-0.2, 0) is 9.53 Å². The van der Waals surface area contributed by atoms with Crippen molar-refractivity contribution in [3.05, 3.63) is 17.7 Å². The lowest BCUT2D eigenvalue weighted by Crippen LogP contribution is -2.45. The number of amides is 2. The summed E-state index contributed by atoms with van der Waals surface area (Å²) in [5, 5.41) is 10.1. The van der Waals surface area contributed by atoms with Gasteiger partial charge in [0.25, 0.3) is 11.8 Å². The van der Waals surface area contributed by atoms with Crippen molar-refractivity contribution >= 4 is 25.6 Å². The molecule has 0 spiro atoms. The molecule has 2 aliphatic heterocycles. The summed E-state index contributed by atoms with van der Waals surface area (Å²) in [4.78, 5) is 29.5. The van der Waals surface area contributed by atoms with Gasteiger partial charge in [0.2, 0.25) is 0 Å². The number of carbonyl (C=O) groups is 2. The van der Waals surface area contributed by atoms with Crippen LogP contribution >= 0.6 is 0 Å². The van der Waals surface area contributed by atoms with E-state index < -0.39 is 20.2 Å². The quantitative estimate of drug-likeness (QED) is 0.534. The number of anilines is 1. The van der Waals surface area contributed by atoms with E-state index in [1.807, 2.05) is 0 Å². The molecule has 2 aliphatic rings. The highest BCUT2D eigenvalue weighted by atomic mass is 28.3. The predicted octanol–water partition coefficient (Wildman–Crippen LogP) is 1.94. The number of benzene rings is 1. The van der Waals surface area contributed by atoms with Crippen LogP contribution in [-0.4, -0.2) is 76.1 Å². The fourth-order valence-electron chi connectivity index (χ4n) is 3.73. The van der Waals surface area contributed by atoms with Gasteiger partial charge in [0.05, 0.1) is 26.0 Å². The molecular weight excluding hydrogens is 392 g/mol. The first-order chi connectivity index (χ1) is 13.7. The van der Waals surface area contributed by atoms with Crippen LogP contribution in [0.1, 0.15) is 16.8 Å². The molecule has 2 heterocycles. The number of hydrogen-bond acceptors (Lipinski definition) is 6. The molecule has 0 aromatic heterocycles. The van der Waals surface area contributed by atoms with Crippen LogP contribution in [0.5, 0.6) is 11.5 Å². The number of ether oxygens (including phenoxy) is 3. The van der Waals surface area contributed by atoms with E-state index in [4.69, 9.17) is 14.2 Å². The lowest BCUT2D eigenvalue weighted by molar-refractivity contribution is -0.123. The molecule has 1 saturated heterocycles. The Hall–Kier alpha value is -2.10. The molecule has 2 atom stereocenters. The molecule has 9 heteroatoms. The molecule has 160 valence electrons. The standard InChI is InChI=1S/C20H30N2O6Si/c1-26-16-7-6-14-17(18(16)27-2)20(25)21-11-13(23)10-15(21)19(24)22(14)12-28-8-9-29(3,4)5/h6-7,13,15,23H,8-12H2,1-5H3/t13?,15-/m0/s1. The van der Waals surface area contributed by atoms with Crippen molar-refractivity contribution in [3.63, 3.8) is 0 Å². The SMILES string of the molecule is COc1ccc2c(c1OC)C(=O)N1CC(O)C[C@H]1C(=O)N2COCC[Si](C)(C)C. The average molecular weight is 423 g/mol. The molecule has 8 nitrogen and oxygen atoms in total. The second-order valence-electron chi connectivity index (χ2n) is 8.67. The number of rotatable bonds is 7. The largest absolute Gasteiger partial charge is 0.493 e. The van der Waals surface area contributed by atoms with Gasteiger partial charge in [0, 0.05) is 27.6 Å². The van der Waals surface area contributed by atoms with Gasteiger partial charge in [-0.2, -0.15) is 0 Å². The zero-order valence-corrected chi connectivity index (χ0v) is 18.7. The monoisotopic (exact) mass is 422 g/mol. The summed E-state index contributed by atoms with van der Waals surface area (Å²) in [5.41, 5.74) is 0.695. The first-order valence-corrected chi connectivity index (χ1v) is 13.5. The summed E-state index contributed by atoms with van der Waals surface area (Å²) in [6.45, 7) is 7.48. The number of nitrogens with zero attached hydrogens (tertiary/aromatic N) is 2. The van der Waals surface area contributed by atoms with E-state index in [0.717, 1.165) is 6.04 Å². The van der Waals surface area contributed by atoms with Crippen molar-refractivity contribution < 1.29 is 28.9 Å². The maximum absolute atomic E-state index is 13.3. The molecular formula is C20H30N2O6Si. The summed E-state index contributed by atoms with van der Waals surface area (Å²) in [5.74, 6) is 0.0749. The molecule has 0 aliphatic carbocycles. The molecule has 1 aromatic carbocycles. The Morgan fingerprint density at radius 2 is 1.90 bits per heavy atom. The summed E-state index contributed by atoms with van der Waals surface area (Å²) < 4.78 is 16.7. The van der Waals surface area contributed by atoms with E-state index in [2.05, 4.69) is 19.6 Å². The Morgan fingerprint density at radius 1 is 1.17 bits per heavy atom. The Morgan fingerprint density at radius 3 is 2.52 bits per heavy atom. The van der Waals surface area contributed by atoms with Crippen molar-refractivity contribution in [2.24, 2.45) is 0 Å². The summed E-state index contributed by atoms with van der Waals surface area (Å²) in [6, 6.07) is 3.62. The van der Waals surface area contributed by atoms with Crippen molar-refractivity contribution in [2.45, 2.75) is 44.3 Å². The molecule has 3 rings (SSSR count). The molecule has 0 bridgehead atoms. The van der Waals surface area contributed by atoms with Crippen LogP contribution < -0.4 is 14.4 Å². The Balaban J connectivity index is 2.00. The van der Waals surface area contributed by atoms with E-state index >= 15 is 0 Å². The van der Waals surface area contributed by atoms with E-state index in [-0.39, 0.29) is 42.8 Å². The highest BCUT2D eigenvalue weighted by Gasteiger charge is 2.46. The van der Waals surface area contributed by atoms with E-state index in [0.29, 0.717) is 18.0 Å². The van der Waals surface area contributed by atoms with E-state index in [1.165, 1.54) is 24.0 Å². The number of aliphatic hydroxyl groups excluding tert-OH is 1. The second kappa shape index (κ2) is 8.33. The van der Waals surface area contributed by atoms with Crippen LogP contribution in [0, 0.1) is 0 Å². The summed E-state index contributed by atoms with van der Waals surface area (Å²) in [7, 11) is 1.69. The van der Waals surface area contributed by atoms with Gasteiger partial charge in [-0.05, 0) is 18.2 Å². The van der Waals surface area contributed by atoms with Crippen molar-refractivity contribution in [1.29, 1.82) is 0 Å². The number of methoxy groups -OCH3 is 2. The Kier molecular flexibility index (Phi) is 6.21. The smallest absolute Gasteiger partial charge is 0.260 e. The zero-order chi connectivity index (χ0) is 21.3. The van der Waals surface area contributed by atoms with Gasteiger partial charge in [-0.3, -0.25) is 14.5 Å². The average Bonchev–Trinajstić information content (AvgIpc) is 3.03. The van der Waals surface area contributed by atoms with Gasteiger partial charge in [-0.25, -0.2) is 0 Å². The molecule has 1 unspecified atom stereocenters. The van der Waals surface area contributed by atoms with Gasteiger partial charge in [0.1, 0.15) is 18.3 Å². The first-order valence-electron chi connectivity index (χ1n) is 9.81. The molecule has 2 amide bonds. The van der Waals surface area contributed by atoms with Crippen molar-refractivity contribution in [2.75, 3.05) is 39.0 Å². The molecule has 1 aromatic rings. The maximum Gasteiger partial charge on any atom is 0.260 e. The molecule has 29 heavy (non-hydrogen) atoms. The fourth-order valence-corrected chi connectivity index (χ4v) is 4.49. The highest BCUT2D eigenvalue weighted by Crippen LogP contribution is 2.42. The van der Waals surface area contributed by atoms with Gasteiger partial charge in [-0.1, -0.05) is 19.6 Å². The van der Waals surface area contributed by atoms with Crippen LogP contribution in [0.4, 0.5) is 5.69 Å². The zero-order valence-electron chi connectivity index (χ0n) is 17.7. The number of hydrogen-bond donors (Lipinski definition) is 1. The van der Waals surface area contributed by atoms with Gasteiger partial charge < -0.3 is 24.2 Å². The minimum atomic E-state index is -1.27. The summed E-state index contributed by atoms with van der Waals surface area (Å²) in [6.07, 6.45) is -0.524. The first kappa shape index (κ1) is 21.6. The third-order valence-corrected chi connectivity index (χ3v) is 7.04. The molecule has 0 radical (unpaired) electrons. The Bertz CT molecular complexity index is 794. The third kappa shape index (κ3) is 4.26. The number of fused-ring (bicyclic) bond motifs is 2. The number of aliphatic hydroxyl groups is 1. The highest BCUT2D eigenvalue weighted by molar-refractivity contribution is 6.76. The topological polar surface area (TPSA) is 88.5 Å². The van der Waals surface area contributed by atoms with Crippen molar-refractivity contribution in [1.82, 2.24) is 4.90 Å². The van der Waals surface area contributed by atoms with Gasteiger partial charge in [-0.15, -0.1) is 0 Å². The van der Waals surface area contributed by atoms with Crippen LogP contribution in [0.25, 0.3) is 0 Å². The minimum Gasteiger partial charge on any atom is -0.493 e. The molecule has 1 N–H and O–H groups in total. The number of carbonyl (C=O) groups excluding carboxylic acids is 2. The summed E-state index contributed by atoms with van der Waals surface area (Å²) >= 11 is 0. The fraction of sp³-hybridized carbons (Fsp3) is 0.600. The minimum absolute atomic E-state index is 0.0412. The third-order valence-electron chi connectivity index (χ3n) is 5.34. The lowest BCUT2D eigenvalue weighted by Gasteiger charge is -2.26. The van der Waals surface area contributed by atoms with Gasteiger partial charge >= 0.3 is 0 Å². The van der Waals surface area contributed by atoms with E-state index in [1.54, 1.807) is 12.1 Å². The Labute approximate surface area is 172 Å². The van der Waals surface area contributed by atoms with Crippen LogP contribution in [0.3, 0.4) is 0 Å². The van der Waals surface area contributed by atoms with Crippen LogP contribution in [0.15, 0.2) is 12.1 Å². The second-order valence-corrected chi connectivity index (χ2v) is 14.3.